The van der Waals surface area contributed by atoms with Crippen molar-refractivity contribution in [2.75, 3.05) is 26.2 Å². The Morgan fingerprint density at radius 2 is 1.46 bits per heavy atom. The fourth-order valence-corrected chi connectivity index (χ4v) is 13.5. The highest BCUT2D eigenvalue weighted by molar-refractivity contribution is 6.00. The van der Waals surface area contributed by atoms with Gasteiger partial charge in [-0.05, 0) is 192 Å². The van der Waals surface area contributed by atoms with Crippen LogP contribution in [0.1, 0.15) is 171 Å². The Morgan fingerprint density at radius 3 is 2.13 bits per heavy atom. The van der Waals surface area contributed by atoms with Crippen molar-refractivity contribution in [1.29, 1.82) is 0 Å². The van der Waals surface area contributed by atoms with E-state index in [1.807, 2.05) is 41.5 Å². The SMILES string of the molecule is C=C(C)[C@H]1CC[C@H]2[C@@H]3CCC4=CC(=NNC(=O)c5ccc(C(=O)NCCCNC(=O)C(C)(C)CC)cc5)CC[C@]4(C)[C@H]3CC[C@]12C.CCC(C)(C)C(=O)NCCCn1cc(CNC(=O)COc2cc(C)c3c(=O)cc(-c4ccc(O)cc4)oc3c2)nn1. The third-order valence-corrected chi connectivity index (χ3v) is 19.6. The average molecular weight is 1190 g/mol. The minimum absolute atomic E-state index is 0.0271. The first-order valence-electron chi connectivity index (χ1n) is 31.2. The quantitative estimate of drug-likeness (QED) is 0.0216. The fraction of sp³-hybridized carbons (Fsp3) is 0.522. The number of fused-ring (bicyclic) bond motifs is 6. The maximum Gasteiger partial charge on any atom is 0.271 e. The fourth-order valence-electron chi connectivity index (χ4n) is 13.5. The number of aryl methyl sites for hydroxylation is 2. The van der Waals surface area contributed by atoms with Crippen molar-refractivity contribution in [3.8, 4) is 22.8 Å². The van der Waals surface area contributed by atoms with E-state index in [9.17, 15) is 33.9 Å². The molecule has 3 aromatic carbocycles. The van der Waals surface area contributed by atoms with Crippen LogP contribution in [0.5, 0.6) is 11.5 Å². The summed E-state index contributed by atoms with van der Waals surface area (Å²) in [5.74, 6) is 3.12. The van der Waals surface area contributed by atoms with E-state index in [1.54, 1.807) is 66.3 Å². The normalized spacial score (nSPS) is 21.9. The van der Waals surface area contributed by atoms with Gasteiger partial charge in [0.15, 0.2) is 12.0 Å². The van der Waals surface area contributed by atoms with Gasteiger partial charge in [0.05, 0.1) is 23.8 Å². The Hall–Kier alpha value is -7.89. The number of allylic oxidation sites excluding steroid dienone is 3. The number of nitrogens with one attached hydrogen (secondary N) is 5. The molecule has 5 amide bonds. The topological polar surface area (TPSA) is 248 Å². The van der Waals surface area contributed by atoms with Gasteiger partial charge in [-0.25, -0.2) is 5.43 Å². The highest BCUT2D eigenvalue weighted by atomic mass is 16.5. The molecule has 0 unspecified atom stereocenters. The Kier molecular flexibility index (Phi) is 20.8. The summed E-state index contributed by atoms with van der Waals surface area (Å²) >= 11 is 0. The molecule has 3 fully saturated rings. The van der Waals surface area contributed by atoms with Gasteiger partial charge in [-0.1, -0.05) is 78.3 Å². The van der Waals surface area contributed by atoms with Crippen LogP contribution in [0.15, 0.2) is 111 Å². The number of benzene rings is 3. The van der Waals surface area contributed by atoms with Gasteiger partial charge in [-0.15, -0.1) is 5.10 Å². The molecule has 0 aliphatic heterocycles. The van der Waals surface area contributed by atoms with Crippen LogP contribution in [0, 0.1) is 52.3 Å². The summed E-state index contributed by atoms with van der Waals surface area (Å²) in [6.07, 6.45) is 16.6. The van der Waals surface area contributed by atoms with E-state index in [-0.39, 0.29) is 70.1 Å². The summed E-state index contributed by atoms with van der Waals surface area (Å²) in [4.78, 5) is 75.0. The molecule has 0 radical (unpaired) electrons. The first-order valence-corrected chi connectivity index (χ1v) is 31.2. The van der Waals surface area contributed by atoms with Crippen LogP contribution in [0.4, 0.5) is 0 Å². The third-order valence-electron chi connectivity index (χ3n) is 19.6. The van der Waals surface area contributed by atoms with Crippen LogP contribution in [-0.2, 0) is 27.5 Å². The number of phenolic OH excluding ortho intramolecular Hbond substituents is 1. The number of amides is 5. The monoisotopic (exact) mass is 1190 g/mol. The Bertz CT molecular complexity index is 3450. The zero-order chi connectivity index (χ0) is 62.8. The van der Waals surface area contributed by atoms with Crippen molar-refractivity contribution >= 4 is 46.2 Å². The van der Waals surface area contributed by atoms with E-state index < -0.39 is 0 Å². The summed E-state index contributed by atoms with van der Waals surface area (Å²) in [6.45, 7) is 27.2. The van der Waals surface area contributed by atoms with Gasteiger partial charge in [0.25, 0.3) is 17.7 Å². The minimum Gasteiger partial charge on any atom is -0.508 e. The van der Waals surface area contributed by atoms with Crippen molar-refractivity contribution in [2.24, 2.45) is 50.4 Å². The number of aromatic nitrogens is 3. The predicted molar refractivity (Wildman–Crippen MR) is 339 cm³/mol. The van der Waals surface area contributed by atoms with E-state index in [1.165, 1.54) is 61.4 Å². The summed E-state index contributed by atoms with van der Waals surface area (Å²) in [7, 11) is 0. The molecule has 5 aromatic rings. The van der Waals surface area contributed by atoms with Crippen LogP contribution >= 0.6 is 0 Å². The van der Waals surface area contributed by atoms with Crippen LogP contribution in [0.3, 0.4) is 0 Å². The molecule has 6 atom stereocenters. The summed E-state index contributed by atoms with van der Waals surface area (Å²) in [5.41, 5.74) is 9.49. The van der Waals surface area contributed by atoms with E-state index in [0.717, 1.165) is 55.6 Å². The smallest absolute Gasteiger partial charge is 0.271 e. The molecule has 0 bridgehead atoms. The summed E-state index contributed by atoms with van der Waals surface area (Å²) < 4.78 is 13.3. The molecule has 0 spiro atoms. The molecule has 6 N–H and O–H groups in total. The highest BCUT2D eigenvalue weighted by Gasteiger charge is 2.59. The van der Waals surface area contributed by atoms with Crippen LogP contribution < -0.4 is 36.9 Å². The summed E-state index contributed by atoms with van der Waals surface area (Å²) in [5, 5.41) is 34.2. The van der Waals surface area contributed by atoms with Crippen molar-refractivity contribution < 1.29 is 38.2 Å². The first-order chi connectivity index (χ1) is 41.3. The second-order valence-electron chi connectivity index (χ2n) is 26.3. The second kappa shape index (κ2) is 27.9. The number of hydrogen-bond donors (Lipinski definition) is 6. The van der Waals surface area contributed by atoms with Gasteiger partial charge < -0.3 is 35.5 Å². The summed E-state index contributed by atoms with van der Waals surface area (Å²) in [6, 6.07) is 17.7. The van der Waals surface area contributed by atoms with Crippen LogP contribution in [-0.4, -0.2) is 81.6 Å². The Balaban J connectivity index is 0.000000227. The number of carbonyl (C=O) groups excluding carboxylic acids is 5. The van der Waals surface area contributed by atoms with Gasteiger partial charge in [0.1, 0.15) is 28.5 Å². The zero-order valence-electron chi connectivity index (χ0n) is 52.8. The molecule has 18 heteroatoms. The number of rotatable bonds is 22. The molecule has 87 heavy (non-hydrogen) atoms. The van der Waals surface area contributed by atoms with E-state index in [4.69, 9.17) is 9.15 Å². The second-order valence-corrected chi connectivity index (χ2v) is 26.3. The van der Waals surface area contributed by atoms with E-state index >= 15 is 0 Å². The third kappa shape index (κ3) is 15.5. The largest absolute Gasteiger partial charge is 0.508 e. The zero-order valence-corrected chi connectivity index (χ0v) is 52.8. The molecular weight excluding hydrogens is 1100 g/mol. The van der Waals surface area contributed by atoms with Crippen LogP contribution in [0.2, 0.25) is 0 Å². The Labute approximate surface area is 512 Å². The first kappa shape index (κ1) is 65.1. The molecular formula is C69H91N9O9. The van der Waals surface area contributed by atoms with Gasteiger partial charge in [0, 0.05) is 65.8 Å². The predicted octanol–water partition coefficient (Wildman–Crippen LogP) is 11.3. The molecule has 0 saturated heterocycles. The maximum atomic E-state index is 12.9. The standard InChI is InChI=1S/C39H56N4O3.C30H35N5O6/c1-8-37(4,5)36(46)41-23-9-22-40-34(44)26-10-12-27(13-11-26)35(45)43-42-29-18-20-38(6)28(24-29)14-15-30-32-17-16-31(25(2)3)39(32,7)21-19-33(30)38;1-5-30(3,4)29(39)31-11-6-12-35-17-21(33-34-35)16-32-27(38)18-40-23-13-19(2)28-24(37)15-25(41-26(28)14-23)20-7-9-22(36)10-8-20/h10-13,24,30-33H,2,8-9,14-23H2,1,3-7H3,(H,40,44)(H,41,46)(H,43,45);7-10,13-15,17,36H,5-6,11-12,16,18H2,1-4H3,(H,31,39)(H,32,38)/t30-,31+,32-,33-,38-,39+;/m0./s1. The van der Waals surface area contributed by atoms with Crippen molar-refractivity contribution in [2.45, 2.75) is 159 Å². The molecule has 2 heterocycles. The number of hydrazone groups is 1. The van der Waals surface area contributed by atoms with Crippen molar-refractivity contribution in [3.63, 3.8) is 0 Å². The average Bonchev–Trinajstić information content (AvgIpc) is 1.72. The minimum atomic E-state index is -0.388. The number of phenols is 1. The lowest BCUT2D eigenvalue weighted by Gasteiger charge is -2.58. The molecule has 4 aliphatic carbocycles. The number of ether oxygens (including phenoxy) is 1. The van der Waals surface area contributed by atoms with Crippen molar-refractivity contribution in [3.05, 3.63) is 129 Å². The molecule has 18 nitrogen and oxygen atoms in total. The van der Waals surface area contributed by atoms with Gasteiger partial charge >= 0.3 is 0 Å². The number of carbonyl (C=O) groups is 5. The van der Waals surface area contributed by atoms with Gasteiger partial charge in [0.2, 0.25) is 11.8 Å². The van der Waals surface area contributed by atoms with E-state index in [2.05, 4.69) is 75.5 Å². The van der Waals surface area contributed by atoms with Crippen LogP contribution in [0.25, 0.3) is 22.3 Å². The van der Waals surface area contributed by atoms with Gasteiger partial charge in [-0.3, -0.25) is 33.4 Å². The molecule has 466 valence electrons. The van der Waals surface area contributed by atoms with Crippen molar-refractivity contribution in [1.82, 2.24) is 41.7 Å². The maximum absolute atomic E-state index is 12.9. The highest BCUT2D eigenvalue weighted by Crippen LogP contribution is 2.67. The number of hydrogen-bond acceptors (Lipinski definition) is 12. The Morgan fingerprint density at radius 1 is 0.805 bits per heavy atom. The van der Waals surface area contributed by atoms with Gasteiger partial charge in [-0.2, -0.15) is 5.10 Å². The molecule has 2 aromatic heterocycles. The lowest BCUT2D eigenvalue weighted by atomic mass is 9.46. The lowest BCUT2D eigenvalue weighted by Crippen LogP contribution is -2.50. The molecule has 3 saturated carbocycles. The lowest BCUT2D eigenvalue weighted by molar-refractivity contribution is -0.130. The number of aromatic hydroxyl groups is 1. The number of nitrogens with zero attached hydrogens (tertiary/aromatic N) is 4. The van der Waals surface area contributed by atoms with E-state index in [0.29, 0.717) is 101 Å². The molecule has 9 rings (SSSR count). The molecule has 4 aliphatic rings.